The molecule has 0 aliphatic carbocycles. The second kappa shape index (κ2) is 8.83. The molecule has 0 fully saturated rings. The molecule has 0 saturated heterocycles. The Morgan fingerprint density at radius 1 is 1.12 bits per heavy atom. The SMILES string of the molecule is CC(C)CC(=O)N(C)CCCN(C)C(=O)c1cccc2c1CCC(=O)N2. The van der Waals surface area contributed by atoms with E-state index >= 15 is 0 Å². The van der Waals surface area contributed by atoms with Gasteiger partial charge in [0.15, 0.2) is 0 Å². The first kappa shape index (κ1) is 19.9. The first-order valence-corrected chi connectivity index (χ1v) is 9.20. The fourth-order valence-corrected chi connectivity index (χ4v) is 3.11. The monoisotopic (exact) mass is 359 g/mol. The minimum absolute atomic E-state index is 0.00967. The third-order valence-corrected chi connectivity index (χ3v) is 4.62. The van der Waals surface area contributed by atoms with E-state index in [1.54, 1.807) is 22.9 Å². The zero-order chi connectivity index (χ0) is 19.3. The van der Waals surface area contributed by atoms with Crippen molar-refractivity contribution < 1.29 is 14.4 Å². The smallest absolute Gasteiger partial charge is 0.253 e. The Bertz CT molecular complexity index is 685. The maximum atomic E-state index is 12.8. The van der Waals surface area contributed by atoms with Crippen LogP contribution in [-0.4, -0.2) is 54.7 Å². The lowest BCUT2D eigenvalue weighted by molar-refractivity contribution is -0.130. The van der Waals surface area contributed by atoms with Crippen LogP contribution in [0.15, 0.2) is 18.2 Å². The summed E-state index contributed by atoms with van der Waals surface area (Å²) in [6.45, 7) is 5.27. The first-order valence-electron chi connectivity index (χ1n) is 9.20. The summed E-state index contributed by atoms with van der Waals surface area (Å²) < 4.78 is 0. The van der Waals surface area contributed by atoms with Gasteiger partial charge in [-0.25, -0.2) is 0 Å². The van der Waals surface area contributed by atoms with Crippen LogP contribution in [0.2, 0.25) is 0 Å². The third kappa shape index (κ3) is 5.07. The number of rotatable bonds is 7. The lowest BCUT2D eigenvalue weighted by Gasteiger charge is -2.24. The van der Waals surface area contributed by atoms with Crippen molar-refractivity contribution in [3.63, 3.8) is 0 Å². The van der Waals surface area contributed by atoms with Gasteiger partial charge in [-0.2, -0.15) is 0 Å². The number of benzene rings is 1. The largest absolute Gasteiger partial charge is 0.346 e. The molecule has 2 rings (SSSR count). The van der Waals surface area contributed by atoms with Crippen molar-refractivity contribution in [2.75, 3.05) is 32.5 Å². The summed E-state index contributed by atoms with van der Waals surface area (Å²) in [5.41, 5.74) is 2.29. The third-order valence-electron chi connectivity index (χ3n) is 4.62. The number of anilines is 1. The molecule has 0 spiro atoms. The summed E-state index contributed by atoms with van der Waals surface area (Å²) in [7, 11) is 3.59. The van der Waals surface area contributed by atoms with E-state index in [2.05, 4.69) is 5.32 Å². The van der Waals surface area contributed by atoms with Crippen LogP contribution >= 0.6 is 0 Å². The Kier molecular flexibility index (Phi) is 6.77. The summed E-state index contributed by atoms with van der Waals surface area (Å²) in [4.78, 5) is 39.7. The number of hydrogen-bond acceptors (Lipinski definition) is 3. The normalized spacial score (nSPS) is 13.2. The minimum Gasteiger partial charge on any atom is -0.346 e. The molecule has 1 aliphatic heterocycles. The molecule has 1 N–H and O–H groups in total. The van der Waals surface area contributed by atoms with E-state index in [1.165, 1.54) is 0 Å². The standard InChI is InChI=1S/C20H29N3O3/c1-14(2)13-19(25)22(3)11-6-12-23(4)20(26)16-7-5-8-17-15(16)9-10-18(24)21-17/h5,7-8,14H,6,9-13H2,1-4H3,(H,21,24). The van der Waals surface area contributed by atoms with Gasteiger partial charge in [-0.3, -0.25) is 14.4 Å². The lowest BCUT2D eigenvalue weighted by atomic mass is 9.96. The van der Waals surface area contributed by atoms with Crippen LogP contribution in [0, 0.1) is 5.92 Å². The van der Waals surface area contributed by atoms with Gasteiger partial charge in [0.1, 0.15) is 0 Å². The number of fused-ring (bicyclic) bond motifs is 1. The molecule has 1 aromatic carbocycles. The molecule has 3 amide bonds. The quantitative estimate of drug-likeness (QED) is 0.813. The molecule has 0 radical (unpaired) electrons. The van der Waals surface area contributed by atoms with Gasteiger partial charge in [0.05, 0.1) is 0 Å². The van der Waals surface area contributed by atoms with Gasteiger partial charge < -0.3 is 15.1 Å². The van der Waals surface area contributed by atoms with E-state index in [9.17, 15) is 14.4 Å². The second-order valence-corrected chi connectivity index (χ2v) is 7.37. The van der Waals surface area contributed by atoms with Crippen molar-refractivity contribution in [1.82, 2.24) is 9.80 Å². The van der Waals surface area contributed by atoms with Crippen LogP contribution in [0.1, 0.15) is 49.0 Å². The molecule has 0 saturated carbocycles. The van der Waals surface area contributed by atoms with Gasteiger partial charge >= 0.3 is 0 Å². The van der Waals surface area contributed by atoms with Gasteiger partial charge in [0.25, 0.3) is 5.91 Å². The summed E-state index contributed by atoms with van der Waals surface area (Å²) in [6.07, 6.45) is 2.27. The van der Waals surface area contributed by atoms with E-state index < -0.39 is 0 Å². The highest BCUT2D eigenvalue weighted by Gasteiger charge is 2.22. The maximum Gasteiger partial charge on any atom is 0.253 e. The van der Waals surface area contributed by atoms with Crippen molar-refractivity contribution in [2.45, 2.75) is 39.5 Å². The molecule has 0 atom stereocenters. The van der Waals surface area contributed by atoms with E-state index in [4.69, 9.17) is 0 Å². The molecular weight excluding hydrogens is 330 g/mol. The molecule has 26 heavy (non-hydrogen) atoms. The van der Waals surface area contributed by atoms with Crippen LogP contribution in [0.5, 0.6) is 0 Å². The van der Waals surface area contributed by atoms with E-state index in [1.807, 2.05) is 33.0 Å². The van der Waals surface area contributed by atoms with Crippen molar-refractivity contribution in [3.8, 4) is 0 Å². The summed E-state index contributed by atoms with van der Waals surface area (Å²) in [5, 5.41) is 2.83. The van der Waals surface area contributed by atoms with Gasteiger partial charge in [0, 0.05) is 51.3 Å². The highest BCUT2D eigenvalue weighted by atomic mass is 16.2. The van der Waals surface area contributed by atoms with Gasteiger partial charge in [-0.05, 0) is 36.5 Å². The van der Waals surface area contributed by atoms with Crippen LogP contribution in [0.25, 0.3) is 0 Å². The Labute approximate surface area is 155 Å². The van der Waals surface area contributed by atoms with Gasteiger partial charge in [-0.1, -0.05) is 19.9 Å². The van der Waals surface area contributed by atoms with Crippen LogP contribution in [0.3, 0.4) is 0 Å². The minimum atomic E-state index is -0.0471. The first-order chi connectivity index (χ1) is 12.3. The zero-order valence-corrected chi connectivity index (χ0v) is 16.2. The number of nitrogens with one attached hydrogen (secondary N) is 1. The Balaban J connectivity index is 1.91. The average Bonchev–Trinajstić information content (AvgIpc) is 2.59. The molecule has 142 valence electrons. The number of amides is 3. The summed E-state index contributed by atoms with van der Waals surface area (Å²) in [5.74, 6) is 0.430. The molecule has 0 unspecified atom stereocenters. The highest BCUT2D eigenvalue weighted by Crippen LogP contribution is 2.26. The Morgan fingerprint density at radius 3 is 2.50 bits per heavy atom. The zero-order valence-electron chi connectivity index (χ0n) is 16.2. The molecule has 1 aliphatic rings. The fraction of sp³-hybridized carbons (Fsp3) is 0.550. The maximum absolute atomic E-state index is 12.8. The van der Waals surface area contributed by atoms with Gasteiger partial charge in [-0.15, -0.1) is 0 Å². The van der Waals surface area contributed by atoms with Crippen molar-refractivity contribution in [1.29, 1.82) is 0 Å². The number of carbonyl (C=O) groups is 3. The highest BCUT2D eigenvalue weighted by molar-refractivity contribution is 6.01. The Morgan fingerprint density at radius 2 is 1.81 bits per heavy atom. The lowest BCUT2D eigenvalue weighted by Crippen LogP contribution is -2.34. The number of hydrogen-bond donors (Lipinski definition) is 1. The van der Waals surface area contributed by atoms with Crippen LogP contribution in [0.4, 0.5) is 5.69 Å². The molecule has 0 bridgehead atoms. The number of carbonyl (C=O) groups excluding carboxylic acids is 3. The van der Waals surface area contributed by atoms with E-state index in [0.717, 1.165) is 17.7 Å². The molecule has 6 nitrogen and oxygen atoms in total. The molecule has 6 heteroatoms. The van der Waals surface area contributed by atoms with Crippen molar-refractivity contribution >= 4 is 23.4 Å². The summed E-state index contributed by atoms with van der Waals surface area (Å²) >= 11 is 0. The summed E-state index contributed by atoms with van der Waals surface area (Å²) in [6, 6.07) is 5.44. The molecule has 0 aromatic heterocycles. The van der Waals surface area contributed by atoms with E-state index in [-0.39, 0.29) is 17.7 Å². The van der Waals surface area contributed by atoms with Crippen molar-refractivity contribution in [2.24, 2.45) is 5.92 Å². The van der Waals surface area contributed by atoms with Crippen LogP contribution < -0.4 is 5.32 Å². The average molecular weight is 359 g/mol. The molecular formula is C20H29N3O3. The predicted molar refractivity (Wildman–Crippen MR) is 102 cm³/mol. The predicted octanol–water partition coefficient (Wildman–Crippen LogP) is 2.54. The Hall–Kier alpha value is -2.37. The second-order valence-electron chi connectivity index (χ2n) is 7.37. The molecule has 1 heterocycles. The molecule has 1 aromatic rings. The number of nitrogens with zero attached hydrogens (tertiary/aromatic N) is 2. The fourth-order valence-electron chi connectivity index (χ4n) is 3.11. The topological polar surface area (TPSA) is 69.7 Å². The van der Waals surface area contributed by atoms with E-state index in [0.29, 0.717) is 43.8 Å². The van der Waals surface area contributed by atoms with Crippen LogP contribution in [-0.2, 0) is 16.0 Å². The van der Waals surface area contributed by atoms with Gasteiger partial charge in [0.2, 0.25) is 11.8 Å². The van der Waals surface area contributed by atoms with Crippen molar-refractivity contribution in [3.05, 3.63) is 29.3 Å².